The number of morpholine rings is 1. The monoisotopic (exact) mass is 365 g/mol. The van der Waals surface area contributed by atoms with Gasteiger partial charge in [0.1, 0.15) is 5.82 Å². The normalized spacial score (nSPS) is 21.0. The lowest BCUT2D eigenvalue weighted by Crippen LogP contribution is -2.46. The van der Waals surface area contributed by atoms with Gasteiger partial charge in [0, 0.05) is 32.3 Å². The van der Waals surface area contributed by atoms with Gasteiger partial charge in [-0.15, -0.1) is 0 Å². The lowest BCUT2D eigenvalue weighted by atomic mass is 10.1. The van der Waals surface area contributed by atoms with Crippen molar-refractivity contribution in [3.05, 3.63) is 45.8 Å². The number of nitro benzene ring substituents is 1. The third-order valence-electron chi connectivity index (χ3n) is 4.05. The van der Waals surface area contributed by atoms with Gasteiger partial charge in [-0.3, -0.25) is 19.8 Å². The van der Waals surface area contributed by atoms with Crippen molar-refractivity contribution in [2.24, 2.45) is 0 Å². The smallest absolute Gasteiger partial charge is 0.279 e. The van der Waals surface area contributed by atoms with Crippen LogP contribution in [0.4, 0.5) is 10.1 Å². The standard InChI is InChI=1S/C18H24FN3O4/c1-13-11-21(12-14(2)26-13)9-3-8-20-18(23)7-5-15-4-6-16(19)10-17(15)22(24)25/h4-7,10,13-14H,3,8-9,11-12H2,1-2H3,(H,20,23). The minimum Gasteiger partial charge on any atom is -0.373 e. The summed E-state index contributed by atoms with van der Waals surface area (Å²) in [5.41, 5.74) is -0.188. The van der Waals surface area contributed by atoms with Crippen LogP contribution < -0.4 is 5.32 Å². The number of hydrogen-bond acceptors (Lipinski definition) is 5. The van der Waals surface area contributed by atoms with Gasteiger partial charge in [-0.05, 0) is 38.5 Å². The van der Waals surface area contributed by atoms with Crippen LogP contribution >= 0.6 is 0 Å². The summed E-state index contributed by atoms with van der Waals surface area (Å²) < 4.78 is 18.8. The number of hydrogen-bond donors (Lipinski definition) is 1. The fourth-order valence-corrected chi connectivity index (χ4v) is 3.02. The van der Waals surface area contributed by atoms with Crippen LogP contribution in [0.25, 0.3) is 6.08 Å². The Kier molecular flexibility index (Phi) is 7.23. The van der Waals surface area contributed by atoms with E-state index in [0.717, 1.165) is 38.2 Å². The number of carbonyl (C=O) groups excluding carboxylic acids is 1. The number of nitro groups is 1. The Balaban J connectivity index is 1.77. The van der Waals surface area contributed by atoms with Crippen molar-refractivity contribution in [1.29, 1.82) is 0 Å². The molecule has 2 unspecified atom stereocenters. The van der Waals surface area contributed by atoms with Crippen LogP contribution in [0, 0.1) is 15.9 Å². The molecule has 0 bridgehead atoms. The minimum absolute atomic E-state index is 0.183. The molecular formula is C18H24FN3O4. The van der Waals surface area contributed by atoms with Crippen molar-refractivity contribution in [3.63, 3.8) is 0 Å². The number of nitrogens with one attached hydrogen (secondary N) is 1. The van der Waals surface area contributed by atoms with Crippen LogP contribution in [0.3, 0.4) is 0 Å². The average Bonchev–Trinajstić information content (AvgIpc) is 2.56. The zero-order valence-corrected chi connectivity index (χ0v) is 15.0. The Bertz CT molecular complexity index is 670. The van der Waals surface area contributed by atoms with E-state index in [2.05, 4.69) is 10.2 Å². The first-order chi connectivity index (χ1) is 12.3. The number of nitrogens with zero attached hydrogens (tertiary/aromatic N) is 2. The molecule has 1 N–H and O–H groups in total. The van der Waals surface area contributed by atoms with Gasteiger partial charge < -0.3 is 10.1 Å². The third-order valence-corrected chi connectivity index (χ3v) is 4.05. The topological polar surface area (TPSA) is 84.7 Å². The second-order valence-electron chi connectivity index (χ2n) is 6.46. The average molecular weight is 365 g/mol. The van der Waals surface area contributed by atoms with E-state index >= 15 is 0 Å². The van der Waals surface area contributed by atoms with Gasteiger partial charge in [0.05, 0.1) is 28.8 Å². The van der Waals surface area contributed by atoms with E-state index < -0.39 is 10.7 Å². The predicted molar refractivity (Wildman–Crippen MR) is 96.2 cm³/mol. The maximum atomic E-state index is 13.1. The highest BCUT2D eigenvalue weighted by atomic mass is 19.1. The molecule has 142 valence electrons. The number of amides is 1. The zero-order valence-electron chi connectivity index (χ0n) is 15.0. The van der Waals surface area contributed by atoms with Crippen molar-refractivity contribution >= 4 is 17.7 Å². The largest absolute Gasteiger partial charge is 0.373 e. The Morgan fingerprint density at radius 2 is 2.12 bits per heavy atom. The number of rotatable bonds is 7. The molecule has 1 aromatic rings. The van der Waals surface area contributed by atoms with Crippen LogP contribution in [0.1, 0.15) is 25.8 Å². The van der Waals surface area contributed by atoms with E-state index in [4.69, 9.17) is 4.74 Å². The van der Waals surface area contributed by atoms with Gasteiger partial charge in [-0.2, -0.15) is 0 Å². The zero-order chi connectivity index (χ0) is 19.1. The summed E-state index contributed by atoms with van der Waals surface area (Å²) >= 11 is 0. The molecule has 1 aliphatic rings. The number of carbonyl (C=O) groups is 1. The molecule has 26 heavy (non-hydrogen) atoms. The lowest BCUT2D eigenvalue weighted by Gasteiger charge is -2.35. The number of ether oxygens (including phenoxy) is 1. The highest BCUT2D eigenvalue weighted by Crippen LogP contribution is 2.20. The van der Waals surface area contributed by atoms with Gasteiger partial charge >= 0.3 is 0 Å². The van der Waals surface area contributed by atoms with Gasteiger partial charge in [-0.25, -0.2) is 4.39 Å². The lowest BCUT2D eigenvalue weighted by molar-refractivity contribution is -0.385. The molecule has 0 radical (unpaired) electrons. The van der Waals surface area contributed by atoms with Crippen LogP contribution in [-0.2, 0) is 9.53 Å². The Hall–Kier alpha value is -2.32. The maximum absolute atomic E-state index is 13.1. The Labute approximate surface area is 152 Å². The molecule has 1 fully saturated rings. The molecule has 1 aliphatic heterocycles. The fourth-order valence-electron chi connectivity index (χ4n) is 3.02. The van der Waals surface area contributed by atoms with Crippen molar-refractivity contribution in [2.75, 3.05) is 26.2 Å². The second-order valence-corrected chi connectivity index (χ2v) is 6.46. The number of halogens is 1. The molecule has 8 heteroatoms. The first-order valence-corrected chi connectivity index (χ1v) is 8.63. The van der Waals surface area contributed by atoms with Crippen molar-refractivity contribution < 1.29 is 18.8 Å². The summed E-state index contributed by atoms with van der Waals surface area (Å²) in [6, 6.07) is 3.23. The molecule has 1 aromatic carbocycles. The maximum Gasteiger partial charge on any atom is 0.279 e. The van der Waals surface area contributed by atoms with E-state index in [1.165, 1.54) is 18.2 Å². The molecule has 0 spiro atoms. The summed E-state index contributed by atoms with van der Waals surface area (Å²) in [6.07, 6.45) is 3.76. The highest BCUT2D eigenvalue weighted by molar-refractivity contribution is 5.92. The van der Waals surface area contributed by atoms with E-state index in [9.17, 15) is 19.3 Å². The van der Waals surface area contributed by atoms with Crippen LogP contribution in [-0.4, -0.2) is 54.1 Å². The molecule has 0 saturated carbocycles. The van der Waals surface area contributed by atoms with Crippen LogP contribution in [0.15, 0.2) is 24.3 Å². The summed E-state index contributed by atoms with van der Waals surface area (Å²) in [4.78, 5) is 24.4. The predicted octanol–water partition coefficient (Wildman–Crippen LogP) is 2.36. The molecule has 0 aromatic heterocycles. The second kappa shape index (κ2) is 9.40. The highest BCUT2D eigenvalue weighted by Gasteiger charge is 2.21. The minimum atomic E-state index is -0.690. The van der Waals surface area contributed by atoms with Crippen LogP contribution in [0.2, 0.25) is 0 Å². The SMILES string of the molecule is CC1CN(CCCNC(=O)C=Cc2ccc(F)cc2[N+](=O)[O-])CC(C)O1. The van der Waals surface area contributed by atoms with Crippen molar-refractivity contribution in [2.45, 2.75) is 32.5 Å². The summed E-state index contributed by atoms with van der Waals surface area (Å²) in [7, 11) is 0. The summed E-state index contributed by atoms with van der Waals surface area (Å²) in [5.74, 6) is -1.03. The molecule has 1 heterocycles. The molecule has 2 rings (SSSR count). The van der Waals surface area contributed by atoms with Gasteiger partial charge in [0.25, 0.3) is 5.69 Å². The molecule has 1 amide bonds. The van der Waals surface area contributed by atoms with E-state index in [-0.39, 0.29) is 29.4 Å². The Morgan fingerprint density at radius 3 is 2.77 bits per heavy atom. The van der Waals surface area contributed by atoms with Gasteiger partial charge in [0.15, 0.2) is 0 Å². The molecular weight excluding hydrogens is 341 g/mol. The first kappa shape index (κ1) is 20.0. The van der Waals surface area contributed by atoms with Crippen LogP contribution in [0.5, 0.6) is 0 Å². The van der Waals surface area contributed by atoms with E-state index in [1.54, 1.807) is 0 Å². The molecule has 1 saturated heterocycles. The molecule has 7 nitrogen and oxygen atoms in total. The molecule has 0 aliphatic carbocycles. The fraction of sp³-hybridized carbons (Fsp3) is 0.500. The van der Waals surface area contributed by atoms with Crippen molar-refractivity contribution in [3.8, 4) is 0 Å². The summed E-state index contributed by atoms with van der Waals surface area (Å²) in [5, 5.41) is 13.7. The number of benzene rings is 1. The van der Waals surface area contributed by atoms with Gasteiger partial charge in [-0.1, -0.05) is 0 Å². The Morgan fingerprint density at radius 1 is 1.42 bits per heavy atom. The quantitative estimate of drug-likeness (QED) is 0.347. The summed E-state index contributed by atoms with van der Waals surface area (Å²) in [6.45, 7) is 7.23. The van der Waals surface area contributed by atoms with Gasteiger partial charge in [0.2, 0.25) is 5.91 Å². The molecule has 2 atom stereocenters. The van der Waals surface area contributed by atoms with E-state index in [0.29, 0.717) is 6.54 Å². The van der Waals surface area contributed by atoms with E-state index in [1.807, 2.05) is 13.8 Å². The first-order valence-electron chi connectivity index (χ1n) is 8.63. The third kappa shape index (κ3) is 6.20. The van der Waals surface area contributed by atoms with Crippen molar-refractivity contribution in [1.82, 2.24) is 10.2 Å².